The molecule has 1 aromatic heterocycles. The lowest BCUT2D eigenvalue weighted by Gasteiger charge is -2.32. The molecule has 5 heteroatoms. The minimum absolute atomic E-state index is 0.162. The normalized spacial score (nSPS) is 27.3. The summed E-state index contributed by atoms with van der Waals surface area (Å²) in [4.78, 5) is 4.24. The maximum atomic E-state index is 6.09. The van der Waals surface area contributed by atoms with E-state index in [1.807, 2.05) is 13.1 Å². The van der Waals surface area contributed by atoms with Crippen LogP contribution in [-0.2, 0) is 11.3 Å². The quantitative estimate of drug-likeness (QED) is 0.923. The summed E-state index contributed by atoms with van der Waals surface area (Å²) in [5, 5.41) is 3.74. The van der Waals surface area contributed by atoms with E-state index in [1.165, 1.54) is 0 Å². The zero-order valence-electron chi connectivity index (χ0n) is 11.6. The van der Waals surface area contributed by atoms with Gasteiger partial charge in [0, 0.05) is 31.6 Å². The monoisotopic (exact) mass is 284 g/mol. The topological polar surface area (TPSA) is 43.4 Å². The van der Waals surface area contributed by atoms with Crippen molar-refractivity contribution in [1.29, 1.82) is 0 Å². The second-order valence-corrected chi connectivity index (χ2v) is 5.52. The van der Waals surface area contributed by atoms with Crippen molar-refractivity contribution in [3.8, 4) is 5.88 Å². The zero-order valence-corrected chi connectivity index (χ0v) is 12.4. The Morgan fingerprint density at radius 2 is 2.11 bits per heavy atom. The molecule has 1 saturated heterocycles. The molecule has 0 saturated carbocycles. The van der Waals surface area contributed by atoms with Crippen LogP contribution in [0.1, 0.15) is 32.3 Å². The Hall–Kier alpha value is -0.840. The highest BCUT2D eigenvalue weighted by molar-refractivity contribution is 6.31. The molecule has 0 aliphatic carbocycles. The smallest absolute Gasteiger partial charge is 0.213 e. The lowest BCUT2D eigenvalue weighted by atomic mass is 10.0. The number of hydrogen-bond donors (Lipinski definition) is 1. The van der Waals surface area contributed by atoms with E-state index in [1.54, 1.807) is 6.20 Å². The Morgan fingerprint density at radius 3 is 2.74 bits per heavy atom. The number of hydrogen-bond acceptors (Lipinski definition) is 4. The molecule has 1 aliphatic rings. The largest absolute Gasteiger partial charge is 0.474 e. The van der Waals surface area contributed by atoms with Crippen molar-refractivity contribution in [2.75, 3.05) is 7.05 Å². The molecule has 1 N–H and O–H groups in total. The van der Waals surface area contributed by atoms with Gasteiger partial charge in [0.05, 0.1) is 17.2 Å². The highest BCUT2D eigenvalue weighted by atomic mass is 35.5. The van der Waals surface area contributed by atoms with Gasteiger partial charge >= 0.3 is 0 Å². The number of pyridine rings is 1. The molecule has 2 atom stereocenters. The van der Waals surface area contributed by atoms with E-state index < -0.39 is 0 Å². The summed E-state index contributed by atoms with van der Waals surface area (Å²) in [6, 6.07) is 1.91. The Bertz CT molecular complexity index is 418. The summed E-state index contributed by atoms with van der Waals surface area (Å²) >= 11 is 6.09. The van der Waals surface area contributed by atoms with Crippen LogP contribution in [0, 0.1) is 0 Å². The third kappa shape index (κ3) is 4.06. The third-order valence-corrected chi connectivity index (χ3v) is 3.56. The first kappa shape index (κ1) is 14.6. The Balaban J connectivity index is 2.04. The van der Waals surface area contributed by atoms with E-state index >= 15 is 0 Å². The first-order chi connectivity index (χ1) is 9.08. The first-order valence-corrected chi connectivity index (χ1v) is 7.07. The van der Waals surface area contributed by atoms with Crippen LogP contribution in [0.15, 0.2) is 12.3 Å². The molecule has 2 heterocycles. The highest BCUT2D eigenvalue weighted by Gasteiger charge is 2.26. The summed E-state index contributed by atoms with van der Waals surface area (Å²) in [6.45, 7) is 4.86. The molecule has 0 bridgehead atoms. The number of ether oxygens (including phenoxy) is 2. The maximum Gasteiger partial charge on any atom is 0.213 e. The molecular weight excluding hydrogens is 264 g/mol. The molecule has 1 aromatic rings. The summed E-state index contributed by atoms with van der Waals surface area (Å²) in [6.07, 6.45) is 4.08. The van der Waals surface area contributed by atoms with Crippen molar-refractivity contribution in [1.82, 2.24) is 10.3 Å². The van der Waals surface area contributed by atoms with Gasteiger partial charge < -0.3 is 14.8 Å². The van der Waals surface area contributed by atoms with Gasteiger partial charge in [0.2, 0.25) is 5.88 Å². The molecular formula is C14H21ClN2O2. The lowest BCUT2D eigenvalue weighted by Crippen LogP contribution is -2.35. The third-order valence-electron chi connectivity index (χ3n) is 3.22. The minimum Gasteiger partial charge on any atom is -0.474 e. The van der Waals surface area contributed by atoms with Gasteiger partial charge in [-0.25, -0.2) is 4.98 Å². The number of halogens is 1. The predicted molar refractivity (Wildman–Crippen MR) is 75.7 cm³/mol. The second-order valence-electron chi connectivity index (χ2n) is 5.11. The summed E-state index contributed by atoms with van der Waals surface area (Å²) in [5.74, 6) is 0.640. The van der Waals surface area contributed by atoms with Gasteiger partial charge in [-0.05, 0) is 26.5 Å². The molecule has 2 unspecified atom stereocenters. The van der Waals surface area contributed by atoms with E-state index in [0.717, 1.165) is 18.4 Å². The molecule has 0 amide bonds. The summed E-state index contributed by atoms with van der Waals surface area (Å²) in [7, 11) is 1.89. The molecule has 1 fully saturated rings. The summed E-state index contributed by atoms with van der Waals surface area (Å²) < 4.78 is 11.7. The maximum absolute atomic E-state index is 6.09. The van der Waals surface area contributed by atoms with Crippen LogP contribution in [0.25, 0.3) is 0 Å². The van der Waals surface area contributed by atoms with E-state index in [9.17, 15) is 0 Å². The molecule has 4 nitrogen and oxygen atoms in total. The van der Waals surface area contributed by atoms with Gasteiger partial charge in [-0.2, -0.15) is 0 Å². The van der Waals surface area contributed by atoms with Gasteiger partial charge in [-0.1, -0.05) is 11.6 Å². The predicted octanol–water partition coefficient (Wildman–Crippen LogP) is 2.79. The van der Waals surface area contributed by atoms with Gasteiger partial charge in [0.25, 0.3) is 0 Å². The van der Waals surface area contributed by atoms with Gasteiger partial charge in [0.15, 0.2) is 0 Å². The Labute approximate surface area is 119 Å². The van der Waals surface area contributed by atoms with Crippen molar-refractivity contribution in [2.24, 2.45) is 0 Å². The Morgan fingerprint density at radius 1 is 1.42 bits per heavy atom. The first-order valence-electron chi connectivity index (χ1n) is 6.69. The van der Waals surface area contributed by atoms with Crippen molar-refractivity contribution in [2.45, 2.75) is 51.5 Å². The average Bonchev–Trinajstić information content (AvgIpc) is 2.32. The number of rotatable bonds is 4. The molecule has 19 heavy (non-hydrogen) atoms. The van der Waals surface area contributed by atoms with Crippen molar-refractivity contribution < 1.29 is 9.47 Å². The minimum atomic E-state index is 0.162. The molecule has 1 aliphatic heterocycles. The van der Waals surface area contributed by atoms with Crippen LogP contribution in [0.3, 0.4) is 0 Å². The number of nitrogens with zero attached hydrogens (tertiary/aromatic N) is 1. The van der Waals surface area contributed by atoms with Crippen LogP contribution >= 0.6 is 11.6 Å². The van der Waals surface area contributed by atoms with E-state index in [2.05, 4.69) is 24.1 Å². The fourth-order valence-electron chi connectivity index (χ4n) is 2.46. The molecule has 0 radical (unpaired) electrons. The van der Waals surface area contributed by atoms with E-state index in [-0.39, 0.29) is 18.3 Å². The van der Waals surface area contributed by atoms with Crippen LogP contribution in [-0.4, -0.2) is 30.3 Å². The standard InChI is InChI=1S/C14H21ClN2O2/c1-9-4-12(5-10(2)18-9)19-14-6-11(7-16-3)13(15)8-17-14/h6,8-10,12,16H,4-5,7H2,1-3H3. The molecule has 0 spiro atoms. The zero-order chi connectivity index (χ0) is 13.8. The van der Waals surface area contributed by atoms with Gasteiger partial charge in [-0.15, -0.1) is 0 Å². The van der Waals surface area contributed by atoms with Gasteiger partial charge in [0.1, 0.15) is 6.10 Å². The highest BCUT2D eigenvalue weighted by Crippen LogP contribution is 2.25. The molecule has 106 valence electrons. The fraction of sp³-hybridized carbons (Fsp3) is 0.643. The number of aromatic nitrogens is 1. The van der Waals surface area contributed by atoms with E-state index in [4.69, 9.17) is 21.1 Å². The molecule has 2 rings (SSSR count). The molecule has 0 aromatic carbocycles. The fourth-order valence-corrected chi connectivity index (χ4v) is 2.63. The number of nitrogens with one attached hydrogen (secondary N) is 1. The lowest BCUT2D eigenvalue weighted by molar-refractivity contribution is -0.0729. The van der Waals surface area contributed by atoms with Gasteiger partial charge in [-0.3, -0.25) is 0 Å². The average molecular weight is 285 g/mol. The van der Waals surface area contributed by atoms with Crippen LogP contribution in [0.5, 0.6) is 5.88 Å². The second kappa shape index (κ2) is 6.55. The van der Waals surface area contributed by atoms with Crippen LogP contribution in [0.2, 0.25) is 5.02 Å². The van der Waals surface area contributed by atoms with E-state index in [0.29, 0.717) is 17.4 Å². The van der Waals surface area contributed by atoms with Crippen LogP contribution in [0.4, 0.5) is 0 Å². The Kier molecular flexibility index (Phi) is 5.02. The van der Waals surface area contributed by atoms with Crippen molar-refractivity contribution in [3.05, 3.63) is 22.8 Å². The summed E-state index contributed by atoms with van der Waals surface area (Å²) in [5.41, 5.74) is 1.00. The SMILES string of the molecule is CNCc1cc(OC2CC(C)OC(C)C2)ncc1Cl. The van der Waals surface area contributed by atoms with Crippen molar-refractivity contribution in [3.63, 3.8) is 0 Å². The van der Waals surface area contributed by atoms with Crippen LogP contribution < -0.4 is 10.1 Å². The van der Waals surface area contributed by atoms with Crippen molar-refractivity contribution >= 4 is 11.6 Å².